The first-order chi connectivity index (χ1) is 11.9. The van der Waals surface area contributed by atoms with Crippen molar-refractivity contribution in [2.75, 3.05) is 10.6 Å². The minimum atomic E-state index is -4.34. The number of rotatable bonds is 4. The summed E-state index contributed by atoms with van der Waals surface area (Å²) in [6.45, 7) is 3.42. The summed E-state index contributed by atoms with van der Waals surface area (Å²) in [6, 6.07) is 10.7. The molecular weight excluding hydrogens is 329 g/mol. The monoisotopic (exact) mass is 346 g/mol. The Balaban J connectivity index is 1.77. The summed E-state index contributed by atoms with van der Waals surface area (Å²) in [6.07, 6.45) is -1.42. The third-order valence-corrected chi connectivity index (χ3v) is 4.23. The highest BCUT2D eigenvalue weighted by atomic mass is 19.4. The lowest BCUT2D eigenvalue weighted by Gasteiger charge is -2.17. The molecule has 0 radical (unpaired) electrons. The number of fused-ring (bicyclic) bond motifs is 1. The third kappa shape index (κ3) is 3.84. The van der Waals surface area contributed by atoms with Crippen LogP contribution in [0.2, 0.25) is 0 Å². The minimum absolute atomic E-state index is 0.00711. The van der Waals surface area contributed by atoms with E-state index in [0.717, 1.165) is 30.5 Å². The lowest BCUT2D eigenvalue weighted by atomic mass is 10.1. The second-order valence-corrected chi connectivity index (χ2v) is 5.92. The Labute approximate surface area is 143 Å². The predicted octanol–water partition coefficient (Wildman–Crippen LogP) is 4.93. The van der Waals surface area contributed by atoms with Crippen LogP contribution in [0.15, 0.2) is 55.1 Å². The predicted molar refractivity (Wildman–Crippen MR) is 91.4 cm³/mol. The van der Waals surface area contributed by atoms with Gasteiger partial charge in [-0.25, -0.2) is 0 Å². The first-order valence-electron chi connectivity index (χ1n) is 7.87. The van der Waals surface area contributed by atoms with E-state index in [1.54, 1.807) is 0 Å². The molecule has 0 spiro atoms. The second kappa shape index (κ2) is 6.63. The van der Waals surface area contributed by atoms with Crippen molar-refractivity contribution >= 4 is 17.3 Å². The summed E-state index contributed by atoms with van der Waals surface area (Å²) in [4.78, 5) is 11.4. The van der Waals surface area contributed by atoms with Crippen LogP contribution in [-0.2, 0) is 17.4 Å². The number of aryl methyl sites for hydroxylation is 1. The standard InChI is InChI=1S/C19H17F3N2O/c1-2-18(25)24-15-7-3-12-4-10-17(16(12)11-15)23-14-8-5-13(6-9-14)19(20,21)22/h2-3,5-9,11,17,23H,1,4,10H2,(H,24,25). The number of carbonyl (C=O) groups is 1. The molecule has 1 aliphatic rings. The Bertz CT molecular complexity index is 797. The topological polar surface area (TPSA) is 41.1 Å². The molecule has 0 saturated carbocycles. The lowest BCUT2D eigenvalue weighted by molar-refractivity contribution is -0.137. The van der Waals surface area contributed by atoms with Gasteiger partial charge in [-0.15, -0.1) is 0 Å². The number of alkyl halides is 3. The Morgan fingerprint density at radius 1 is 1.12 bits per heavy atom. The van der Waals surface area contributed by atoms with Gasteiger partial charge in [-0.2, -0.15) is 13.2 Å². The maximum Gasteiger partial charge on any atom is 0.416 e. The Morgan fingerprint density at radius 3 is 2.44 bits per heavy atom. The first kappa shape index (κ1) is 17.1. The van der Waals surface area contributed by atoms with Crippen LogP contribution in [0.25, 0.3) is 0 Å². The van der Waals surface area contributed by atoms with Crippen LogP contribution in [0.5, 0.6) is 0 Å². The maximum absolute atomic E-state index is 12.6. The van der Waals surface area contributed by atoms with Gasteiger partial charge in [0.05, 0.1) is 11.6 Å². The summed E-state index contributed by atoms with van der Waals surface area (Å²) < 4.78 is 37.9. The zero-order valence-electron chi connectivity index (χ0n) is 13.4. The van der Waals surface area contributed by atoms with Gasteiger partial charge < -0.3 is 10.6 Å². The van der Waals surface area contributed by atoms with E-state index in [9.17, 15) is 18.0 Å². The molecule has 0 aliphatic heterocycles. The summed E-state index contributed by atoms with van der Waals surface area (Å²) in [5, 5.41) is 5.99. The zero-order valence-corrected chi connectivity index (χ0v) is 13.4. The fourth-order valence-corrected chi connectivity index (χ4v) is 2.98. The van der Waals surface area contributed by atoms with Crippen LogP contribution >= 0.6 is 0 Å². The molecule has 2 aromatic rings. The fourth-order valence-electron chi connectivity index (χ4n) is 2.98. The van der Waals surface area contributed by atoms with E-state index in [0.29, 0.717) is 11.4 Å². The van der Waals surface area contributed by atoms with Gasteiger partial charge in [0, 0.05) is 11.4 Å². The van der Waals surface area contributed by atoms with Gasteiger partial charge in [-0.05, 0) is 66.4 Å². The quantitative estimate of drug-likeness (QED) is 0.771. The molecule has 1 aliphatic carbocycles. The number of hydrogen-bond donors (Lipinski definition) is 2. The zero-order chi connectivity index (χ0) is 18.0. The van der Waals surface area contributed by atoms with Crippen molar-refractivity contribution in [1.82, 2.24) is 0 Å². The molecule has 3 nitrogen and oxygen atoms in total. The van der Waals surface area contributed by atoms with E-state index in [2.05, 4.69) is 17.2 Å². The second-order valence-electron chi connectivity index (χ2n) is 5.92. The van der Waals surface area contributed by atoms with Gasteiger partial charge >= 0.3 is 6.18 Å². The van der Waals surface area contributed by atoms with Crippen LogP contribution in [0.3, 0.4) is 0 Å². The molecule has 0 aromatic heterocycles. The minimum Gasteiger partial charge on any atom is -0.378 e. The normalized spacial score (nSPS) is 16.2. The van der Waals surface area contributed by atoms with E-state index in [-0.39, 0.29) is 11.9 Å². The van der Waals surface area contributed by atoms with Crippen molar-refractivity contribution in [3.63, 3.8) is 0 Å². The largest absolute Gasteiger partial charge is 0.416 e. The van der Waals surface area contributed by atoms with Crippen LogP contribution in [0.1, 0.15) is 29.2 Å². The molecule has 3 rings (SSSR count). The lowest BCUT2D eigenvalue weighted by Crippen LogP contribution is -2.10. The highest BCUT2D eigenvalue weighted by molar-refractivity contribution is 5.98. The summed E-state index contributed by atoms with van der Waals surface area (Å²) in [5.74, 6) is -0.287. The molecule has 0 heterocycles. The van der Waals surface area contributed by atoms with Crippen molar-refractivity contribution in [2.45, 2.75) is 25.1 Å². The number of nitrogens with one attached hydrogen (secondary N) is 2. The third-order valence-electron chi connectivity index (χ3n) is 4.23. The van der Waals surface area contributed by atoms with Gasteiger partial charge in [0.1, 0.15) is 0 Å². The van der Waals surface area contributed by atoms with Crippen molar-refractivity contribution in [3.05, 3.63) is 71.8 Å². The summed E-state index contributed by atoms with van der Waals surface area (Å²) in [7, 11) is 0. The molecule has 6 heteroatoms. The molecule has 0 saturated heterocycles. The summed E-state index contributed by atoms with van der Waals surface area (Å²) in [5.41, 5.74) is 2.85. The van der Waals surface area contributed by atoms with Crippen LogP contribution in [-0.4, -0.2) is 5.91 Å². The van der Waals surface area contributed by atoms with E-state index in [4.69, 9.17) is 0 Å². The van der Waals surface area contributed by atoms with Gasteiger partial charge in [0.2, 0.25) is 5.91 Å². The van der Waals surface area contributed by atoms with E-state index >= 15 is 0 Å². The fraction of sp³-hybridized carbons (Fsp3) is 0.211. The van der Waals surface area contributed by atoms with Gasteiger partial charge in [-0.1, -0.05) is 12.6 Å². The SMILES string of the molecule is C=CC(=O)Nc1ccc2c(c1)C(Nc1ccc(C(F)(F)F)cc1)CC2. The number of anilines is 2. The molecule has 130 valence electrons. The number of amides is 1. The Kier molecular flexibility index (Phi) is 4.53. The highest BCUT2D eigenvalue weighted by Gasteiger charge is 2.30. The number of halogens is 3. The van der Waals surface area contributed by atoms with Crippen molar-refractivity contribution in [1.29, 1.82) is 0 Å². The molecule has 25 heavy (non-hydrogen) atoms. The molecular formula is C19H17F3N2O. The summed E-state index contributed by atoms with van der Waals surface area (Å²) >= 11 is 0. The van der Waals surface area contributed by atoms with Gasteiger partial charge in [-0.3, -0.25) is 4.79 Å². The Morgan fingerprint density at radius 2 is 1.80 bits per heavy atom. The first-order valence-corrected chi connectivity index (χ1v) is 7.87. The van der Waals surface area contributed by atoms with Crippen LogP contribution < -0.4 is 10.6 Å². The molecule has 1 unspecified atom stereocenters. The van der Waals surface area contributed by atoms with Gasteiger partial charge in [0.15, 0.2) is 0 Å². The van der Waals surface area contributed by atoms with E-state index in [1.165, 1.54) is 23.8 Å². The number of benzene rings is 2. The molecule has 2 N–H and O–H groups in total. The highest BCUT2D eigenvalue weighted by Crippen LogP contribution is 2.36. The molecule has 0 bridgehead atoms. The van der Waals surface area contributed by atoms with Crippen LogP contribution in [0, 0.1) is 0 Å². The molecule has 1 atom stereocenters. The smallest absolute Gasteiger partial charge is 0.378 e. The van der Waals surface area contributed by atoms with Gasteiger partial charge in [0.25, 0.3) is 0 Å². The maximum atomic E-state index is 12.6. The number of carbonyl (C=O) groups excluding carboxylic acids is 1. The average Bonchev–Trinajstić information content (AvgIpc) is 2.97. The Hall–Kier alpha value is -2.76. The number of hydrogen-bond acceptors (Lipinski definition) is 2. The molecule has 1 amide bonds. The van der Waals surface area contributed by atoms with Crippen LogP contribution in [0.4, 0.5) is 24.5 Å². The molecule has 2 aromatic carbocycles. The van der Waals surface area contributed by atoms with Crippen molar-refractivity contribution < 1.29 is 18.0 Å². The molecule has 0 fully saturated rings. The average molecular weight is 346 g/mol. The van der Waals surface area contributed by atoms with E-state index in [1.807, 2.05) is 18.2 Å². The van der Waals surface area contributed by atoms with Crippen molar-refractivity contribution in [2.24, 2.45) is 0 Å². The van der Waals surface area contributed by atoms with E-state index < -0.39 is 11.7 Å². The van der Waals surface area contributed by atoms with Crippen molar-refractivity contribution in [3.8, 4) is 0 Å².